The van der Waals surface area contributed by atoms with Gasteiger partial charge in [0.05, 0.1) is 5.75 Å². The highest BCUT2D eigenvalue weighted by atomic mass is 32.2. The number of hydrogen-bond donors (Lipinski definition) is 1. The molecule has 5 nitrogen and oxygen atoms in total. The first-order chi connectivity index (χ1) is 10.5. The lowest BCUT2D eigenvalue weighted by atomic mass is 9.88. The summed E-state index contributed by atoms with van der Waals surface area (Å²) in [6.07, 6.45) is 5.63. The largest absolute Gasteiger partial charge is 0.486 e. The average Bonchev–Trinajstić information content (AvgIpc) is 2.95. The van der Waals surface area contributed by atoms with E-state index >= 15 is 0 Å². The van der Waals surface area contributed by atoms with E-state index in [0.29, 0.717) is 19.8 Å². The van der Waals surface area contributed by atoms with Crippen LogP contribution in [-0.4, -0.2) is 40.2 Å². The Kier molecular flexibility index (Phi) is 4.32. The first kappa shape index (κ1) is 15.6. The maximum Gasteiger partial charge on any atom is 0.161 e. The summed E-state index contributed by atoms with van der Waals surface area (Å²) >= 11 is 0. The van der Waals surface area contributed by atoms with Crippen LogP contribution >= 0.6 is 0 Å². The second-order valence-corrected chi connectivity index (χ2v) is 8.46. The van der Waals surface area contributed by atoms with Crippen LogP contribution in [-0.2, 0) is 15.4 Å². The van der Waals surface area contributed by atoms with Gasteiger partial charge in [0, 0.05) is 18.3 Å². The molecule has 0 bridgehead atoms. The highest BCUT2D eigenvalue weighted by Crippen LogP contribution is 2.42. The fraction of sp³-hybridized carbons (Fsp3) is 0.625. The Hall–Kier alpha value is -1.27. The Balaban J connectivity index is 1.81. The SMILES string of the molecule is CS(=O)(=O)CCNC1(c2ccc3c(c2)OCCO3)CCCC1. The van der Waals surface area contributed by atoms with Crippen molar-refractivity contribution in [3.63, 3.8) is 0 Å². The molecule has 1 saturated carbocycles. The number of nitrogens with one attached hydrogen (secondary N) is 1. The van der Waals surface area contributed by atoms with Gasteiger partial charge in [-0.3, -0.25) is 0 Å². The molecular weight excluding hydrogens is 302 g/mol. The Morgan fingerprint density at radius 3 is 2.50 bits per heavy atom. The third-order valence-corrected chi connectivity index (χ3v) is 5.43. The minimum absolute atomic E-state index is 0.138. The molecule has 2 aliphatic rings. The average molecular weight is 325 g/mol. The van der Waals surface area contributed by atoms with Crippen molar-refractivity contribution >= 4 is 9.84 Å². The quantitative estimate of drug-likeness (QED) is 0.895. The molecule has 1 N–H and O–H groups in total. The van der Waals surface area contributed by atoms with Crippen molar-refractivity contribution in [3.8, 4) is 11.5 Å². The standard InChI is InChI=1S/C16H23NO4S/c1-22(18,19)11-8-17-16(6-2-3-7-16)13-4-5-14-15(12-13)21-10-9-20-14/h4-5,12,17H,2-3,6-11H2,1H3. The van der Waals surface area contributed by atoms with Crippen LogP contribution in [0.15, 0.2) is 18.2 Å². The highest BCUT2D eigenvalue weighted by Gasteiger charge is 2.36. The Labute approximate surface area is 131 Å². The van der Waals surface area contributed by atoms with Crippen molar-refractivity contribution < 1.29 is 17.9 Å². The van der Waals surface area contributed by atoms with E-state index in [1.807, 2.05) is 12.1 Å². The van der Waals surface area contributed by atoms with Gasteiger partial charge in [0.2, 0.25) is 0 Å². The van der Waals surface area contributed by atoms with E-state index in [1.54, 1.807) is 0 Å². The van der Waals surface area contributed by atoms with Gasteiger partial charge in [0.25, 0.3) is 0 Å². The van der Waals surface area contributed by atoms with Gasteiger partial charge in [-0.25, -0.2) is 8.42 Å². The number of fused-ring (bicyclic) bond motifs is 1. The summed E-state index contributed by atoms with van der Waals surface area (Å²) in [5, 5.41) is 3.50. The fourth-order valence-corrected chi connectivity index (χ4v) is 3.84. The zero-order valence-corrected chi connectivity index (χ0v) is 13.7. The van der Waals surface area contributed by atoms with Gasteiger partial charge < -0.3 is 14.8 Å². The zero-order chi connectivity index (χ0) is 15.6. The predicted octanol–water partition coefficient (Wildman–Crippen LogP) is 1.86. The van der Waals surface area contributed by atoms with Gasteiger partial charge in [-0.15, -0.1) is 0 Å². The molecule has 0 spiro atoms. The molecule has 6 heteroatoms. The van der Waals surface area contributed by atoms with E-state index in [2.05, 4.69) is 11.4 Å². The summed E-state index contributed by atoms with van der Waals surface area (Å²) in [5.41, 5.74) is 1.03. The van der Waals surface area contributed by atoms with Crippen molar-refractivity contribution in [1.82, 2.24) is 5.32 Å². The van der Waals surface area contributed by atoms with E-state index < -0.39 is 9.84 Å². The molecule has 0 unspecified atom stereocenters. The molecule has 0 saturated heterocycles. The molecule has 1 aromatic carbocycles. The molecule has 1 heterocycles. The molecular formula is C16H23NO4S. The molecule has 1 aromatic rings. The Bertz CT molecular complexity index is 636. The molecule has 0 atom stereocenters. The van der Waals surface area contributed by atoms with E-state index in [-0.39, 0.29) is 11.3 Å². The third-order valence-electron chi connectivity index (χ3n) is 4.49. The molecule has 0 amide bonds. The predicted molar refractivity (Wildman–Crippen MR) is 85.3 cm³/mol. The Morgan fingerprint density at radius 1 is 1.14 bits per heavy atom. The lowest BCUT2D eigenvalue weighted by Gasteiger charge is -2.32. The summed E-state index contributed by atoms with van der Waals surface area (Å²) in [6.45, 7) is 1.64. The van der Waals surface area contributed by atoms with Gasteiger partial charge in [0.15, 0.2) is 11.5 Å². The molecule has 1 aliphatic carbocycles. The highest BCUT2D eigenvalue weighted by molar-refractivity contribution is 7.90. The second kappa shape index (κ2) is 6.08. The van der Waals surface area contributed by atoms with Crippen LogP contribution in [0, 0.1) is 0 Å². The number of sulfone groups is 1. The fourth-order valence-electron chi connectivity index (χ4n) is 3.36. The number of ether oxygens (including phenoxy) is 2. The van der Waals surface area contributed by atoms with Crippen molar-refractivity contribution in [1.29, 1.82) is 0 Å². The van der Waals surface area contributed by atoms with E-state index in [0.717, 1.165) is 37.2 Å². The summed E-state index contributed by atoms with van der Waals surface area (Å²) < 4.78 is 34.0. The number of hydrogen-bond acceptors (Lipinski definition) is 5. The minimum atomic E-state index is -2.95. The van der Waals surface area contributed by atoms with Crippen molar-refractivity contribution in [2.24, 2.45) is 0 Å². The first-order valence-electron chi connectivity index (χ1n) is 7.81. The summed E-state index contributed by atoms with van der Waals surface area (Å²) in [4.78, 5) is 0. The van der Waals surface area contributed by atoms with Crippen LogP contribution in [0.25, 0.3) is 0 Å². The van der Waals surface area contributed by atoms with Crippen LogP contribution in [0.2, 0.25) is 0 Å². The minimum Gasteiger partial charge on any atom is -0.486 e. The summed E-state index contributed by atoms with van der Waals surface area (Å²) in [5.74, 6) is 1.75. The van der Waals surface area contributed by atoms with Crippen molar-refractivity contribution in [3.05, 3.63) is 23.8 Å². The maximum absolute atomic E-state index is 11.4. The van der Waals surface area contributed by atoms with Crippen LogP contribution in [0.3, 0.4) is 0 Å². The molecule has 22 heavy (non-hydrogen) atoms. The molecule has 1 aliphatic heterocycles. The molecule has 1 fully saturated rings. The third kappa shape index (κ3) is 3.38. The normalized spacial score (nSPS) is 20.0. The molecule has 0 aromatic heterocycles. The van der Waals surface area contributed by atoms with E-state index in [1.165, 1.54) is 11.8 Å². The zero-order valence-electron chi connectivity index (χ0n) is 12.9. The summed E-state index contributed by atoms with van der Waals surface area (Å²) in [6, 6.07) is 6.08. The molecule has 0 radical (unpaired) electrons. The van der Waals surface area contributed by atoms with Crippen LogP contribution in [0.5, 0.6) is 11.5 Å². The van der Waals surface area contributed by atoms with Crippen molar-refractivity contribution in [2.75, 3.05) is 31.8 Å². The monoisotopic (exact) mass is 325 g/mol. The number of rotatable bonds is 5. The van der Waals surface area contributed by atoms with Crippen molar-refractivity contribution in [2.45, 2.75) is 31.2 Å². The smallest absolute Gasteiger partial charge is 0.161 e. The van der Waals surface area contributed by atoms with Crippen LogP contribution < -0.4 is 14.8 Å². The van der Waals surface area contributed by atoms with Crippen LogP contribution in [0.1, 0.15) is 31.2 Å². The maximum atomic E-state index is 11.4. The lowest BCUT2D eigenvalue weighted by molar-refractivity contribution is 0.171. The van der Waals surface area contributed by atoms with Gasteiger partial charge in [-0.05, 0) is 30.5 Å². The number of benzene rings is 1. The molecule has 3 rings (SSSR count). The van der Waals surface area contributed by atoms with Gasteiger partial charge in [-0.2, -0.15) is 0 Å². The van der Waals surface area contributed by atoms with Gasteiger partial charge >= 0.3 is 0 Å². The van der Waals surface area contributed by atoms with E-state index in [4.69, 9.17) is 9.47 Å². The van der Waals surface area contributed by atoms with Gasteiger partial charge in [0.1, 0.15) is 23.1 Å². The lowest BCUT2D eigenvalue weighted by Crippen LogP contribution is -2.42. The first-order valence-corrected chi connectivity index (χ1v) is 9.88. The Morgan fingerprint density at radius 2 is 1.82 bits per heavy atom. The molecule has 122 valence electrons. The van der Waals surface area contributed by atoms with E-state index in [9.17, 15) is 8.42 Å². The van der Waals surface area contributed by atoms with Gasteiger partial charge in [-0.1, -0.05) is 18.9 Å². The summed E-state index contributed by atoms with van der Waals surface area (Å²) in [7, 11) is -2.95. The topological polar surface area (TPSA) is 64.6 Å². The van der Waals surface area contributed by atoms with Crippen LogP contribution in [0.4, 0.5) is 0 Å². The second-order valence-electron chi connectivity index (χ2n) is 6.20.